The molecule has 156 valence electrons. The van der Waals surface area contributed by atoms with Crippen molar-refractivity contribution in [2.24, 2.45) is 0 Å². The Balaban J connectivity index is 1.57. The topological polar surface area (TPSA) is 56.1 Å². The lowest BCUT2D eigenvalue weighted by Gasteiger charge is -2.14. The van der Waals surface area contributed by atoms with Crippen LogP contribution in [0, 0.1) is 0 Å². The molecule has 8 heteroatoms. The monoisotopic (exact) mass is 427 g/mol. The predicted octanol–water partition coefficient (Wildman–Crippen LogP) is 3.99. The second-order valence-electron chi connectivity index (χ2n) is 7.74. The standard InChI is InChI=1S/C22H23ClFN5O/c23-19-18-20(16-7-12-30-13-8-16)27-29(11-10-28-9-6-17(24)14-28)22(18)26-25-21(19)15-4-2-1-3-5-15/h1-5,7,17H,6,8-14H2/t17-/m1/s1. The maximum Gasteiger partial charge on any atom is 0.182 e. The molecule has 1 saturated heterocycles. The van der Waals surface area contributed by atoms with Crippen LogP contribution in [-0.4, -0.2) is 63.9 Å². The Hall–Kier alpha value is -2.35. The third-order valence-electron chi connectivity index (χ3n) is 5.76. The van der Waals surface area contributed by atoms with E-state index in [-0.39, 0.29) is 0 Å². The van der Waals surface area contributed by atoms with Crippen molar-refractivity contribution < 1.29 is 9.13 Å². The number of nitrogens with zero attached hydrogens (tertiary/aromatic N) is 5. The van der Waals surface area contributed by atoms with Crippen LogP contribution < -0.4 is 0 Å². The molecule has 4 heterocycles. The number of rotatable bonds is 5. The van der Waals surface area contributed by atoms with E-state index in [1.165, 1.54) is 0 Å². The van der Waals surface area contributed by atoms with Crippen LogP contribution in [0.3, 0.4) is 0 Å². The van der Waals surface area contributed by atoms with Crippen molar-refractivity contribution in [3.05, 3.63) is 47.1 Å². The Morgan fingerprint density at radius 2 is 2.00 bits per heavy atom. The van der Waals surface area contributed by atoms with E-state index in [4.69, 9.17) is 21.4 Å². The van der Waals surface area contributed by atoms with Gasteiger partial charge >= 0.3 is 0 Å². The number of benzene rings is 1. The average molecular weight is 428 g/mol. The minimum atomic E-state index is -0.731. The fourth-order valence-corrected chi connectivity index (χ4v) is 4.47. The predicted molar refractivity (Wildman–Crippen MR) is 115 cm³/mol. The van der Waals surface area contributed by atoms with Gasteiger partial charge in [0.2, 0.25) is 0 Å². The maximum absolute atomic E-state index is 13.5. The highest BCUT2D eigenvalue weighted by Crippen LogP contribution is 2.36. The molecule has 0 spiro atoms. The second kappa shape index (κ2) is 8.41. The summed E-state index contributed by atoms with van der Waals surface area (Å²) in [7, 11) is 0. The summed E-state index contributed by atoms with van der Waals surface area (Å²) in [4.78, 5) is 2.12. The van der Waals surface area contributed by atoms with Crippen molar-refractivity contribution >= 4 is 28.2 Å². The SMILES string of the molecule is F[C@@H]1CCN(CCn2nc(C3=CCOCC3)c3c(Cl)c(-c4ccccc4)nnc32)C1. The van der Waals surface area contributed by atoms with Crippen LogP contribution in [0.1, 0.15) is 18.5 Å². The molecular formula is C22H23ClFN5O. The summed E-state index contributed by atoms with van der Waals surface area (Å²) in [6.45, 7) is 3.82. The van der Waals surface area contributed by atoms with Gasteiger partial charge in [-0.1, -0.05) is 48.0 Å². The number of aromatic nitrogens is 4. The van der Waals surface area contributed by atoms with Gasteiger partial charge in [0, 0.05) is 25.2 Å². The number of hydrogen-bond donors (Lipinski definition) is 0. The number of hydrogen-bond acceptors (Lipinski definition) is 5. The lowest BCUT2D eigenvalue weighted by atomic mass is 10.0. The van der Waals surface area contributed by atoms with Gasteiger partial charge in [-0.05, 0) is 18.4 Å². The van der Waals surface area contributed by atoms with E-state index in [1.807, 2.05) is 35.0 Å². The first-order valence-corrected chi connectivity index (χ1v) is 10.7. The smallest absolute Gasteiger partial charge is 0.182 e. The molecule has 1 aromatic carbocycles. The minimum Gasteiger partial charge on any atom is -0.377 e. The number of alkyl halides is 1. The van der Waals surface area contributed by atoms with Crippen LogP contribution in [0.5, 0.6) is 0 Å². The van der Waals surface area contributed by atoms with E-state index < -0.39 is 6.17 Å². The van der Waals surface area contributed by atoms with Crippen molar-refractivity contribution in [2.75, 3.05) is 32.8 Å². The van der Waals surface area contributed by atoms with Gasteiger partial charge < -0.3 is 4.74 Å². The molecule has 2 aliphatic heterocycles. The highest BCUT2D eigenvalue weighted by molar-refractivity contribution is 6.38. The Kier molecular flexibility index (Phi) is 5.50. The molecule has 0 aliphatic carbocycles. The first-order valence-electron chi connectivity index (χ1n) is 10.3. The van der Waals surface area contributed by atoms with E-state index in [2.05, 4.69) is 21.2 Å². The van der Waals surface area contributed by atoms with Gasteiger partial charge in [0.15, 0.2) is 5.65 Å². The molecule has 0 radical (unpaired) electrons. The van der Waals surface area contributed by atoms with Crippen molar-refractivity contribution in [1.82, 2.24) is 24.9 Å². The van der Waals surface area contributed by atoms with Crippen LogP contribution >= 0.6 is 11.6 Å². The first kappa shape index (κ1) is 19.6. The van der Waals surface area contributed by atoms with Crippen molar-refractivity contribution in [3.8, 4) is 11.3 Å². The highest BCUT2D eigenvalue weighted by Gasteiger charge is 2.25. The van der Waals surface area contributed by atoms with E-state index in [0.717, 1.165) is 41.7 Å². The molecule has 1 atom stereocenters. The van der Waals surface area contributed by atoms with Gasteiger partial charge in [-0.3, -0.25) is 4.90 Å². The summed E-state index contributed by atoms with van der Waals surface area (Å²) >= 11 is 6.89. The Morgan fingerprint density at radius 3 is 2.73 bits per heavy atom. The fourth-order valence-electron chi connectivity index (χ4n) is 4.14. The fraction of sp³-hybridized carbons (Fsp3) is 0.409. The number of fused-ring (bicyclic) bond motifs is 1. The van der Waals surface area contributed by atoms with Crippen molar-refractivity contribution in [2.45, 2.75) is 25.6 Å². The van der Waals surface area contributed by atoms with Gasteiger partial charge in [-0.2, -0.15) is 5.10 Å². The molecule has 3 aromatic rings. The minimum absolute atomic E-state index is 0.485. The Labute approximate surface area is 179 Å². The largest absolute Gasteiger partial charge is 0.377 e. The average Bonchev–Trinajstić information content (AvgIpc) is 3.37. The van der Waals surface area contributed by atoms with Gasteiger partial charge in [-0.15, -0.1) is 10.2 Å². The summed E-state index contributed by atoms with van der Waals surface area (Å²) in [5.41, 5.74) is 4.19. The molecule has 0 amide bonds. The Bertz CT molecular complexity index is 1080. The lowest BCUT2D eigenvalue weighted by molar-refractivity contribution is 0.161. The summed E-state index contributed by atoms with van der Waals surface area (Å²) in [5.74, 6) is 0. The zero-order valence-electron chi connectivity index (χ0n) is 16.6. The molecule has 30 heavy (non-hydrogen) atoms. The molecule has 2 aromatic heterocycles. The lowest BCUT2D eigenvalue weighted by Crippen LogP contribution is -2.26. The first-order chi connectivity index (χ1) is 14.7. The normalized spacial score (nSPS) is 20.1. The molecule has 0 saturated carbocycles. The summed E-state index contributed by atoms with van der Waals surface area (Å²) in [6.07, 6.45) is 2.71. The van der Waals surface area contributed by atoms with Crippen LogP contribution in [0.25, 0.3) is 27.9 Å². The number of likely N-dealkylation sites (tertiary alicyclic amines) is 1. The molecule has 0 unspecified atom stereocenters. The summed E-state index contributed by atoms with van der Waals surface area (Å²) in [5, 5.41) is 15.2. The van der Waals surface area contributed by atoms with Gasteiger partial charge in [0.25, 0.3) is 0 Å². The molecule has 0 bridgehead atoms. The molecule has 1 fully saturated rings. The zero-order chi connectivity index (χ0) is 20.5. The summed E-state index contributed by atoms with van der Waals surface area (Å²) in [6, 6.07) is 9.81. The van der Waals surface area contributed by atoms with Crippen molar-refractivity contribution in [1.29, 1.82) is 0 Å². The second-order valence-corrected chi connectivity index (χ2v) is 8.12. The zero-order valence-corrected chi connectivity index (χ0v) is 17.4. The summed E-state index contributed by atoms with van der Waals surface area (Å²) < 4.78 is 20.9. The van der Waals surface area contributed by atoms with Gasteiger partial charge in [0.05, 0.1) is 35.9 Å². The van der Waals surface area contributed by atoms with Crippen molar-refractivity contribution in [3.63, 3.8) is 0 Å². The number of ether oxygens (including phenoxy) is 1. The maximum atomic E-state index is 13.5. The van der Waals surface area contributed by atoms with Gasteiger partial charge in [-0.25, -0.2) is 9.07 Å². The van der Waals surface area contributed by atoms with E-state index in [1.54, 1.807) is 0 Å². The van der Waals surface area contributed by atoms with Crippen LogP contribution in [0.15, 0.2) is 36.4 Å². The van der Waals surface area contributed by atoms with E-state index >= 15 is 0 Å². The van der Waals surface area contributed by atoms with Crippen LogP contribution in [-0.2, 0) is 11.3 Å². The third-order valence-corrected chi connectivity index (χ3v) is 6.12. The van der Waals surface area contributed by atoms with Crippen LogP contribution in [0.2, 0.25) is 5.02 Å². The molecule has 6 nitrogen and oxygen atoms in total. The highest BCUT2D eigenvalue weighted by atomic mass is 35.5. The molecule has 2 aliphatic rings. The van der Waals surface area contributed by atoms with E-state index in [9.17, 15) is 4.39 Å². The number of halogens is 2. The third kappa shape index (κ3) is 3.73. The van der Waals surface area contributed by atoms with Gasteiger partial charge in [0.1, 0.15) is 11.9 Å². The quantitative estimate of drug-likeness (QED) is 0.616. The van der Waals surface area contributed by atoms with Crippen LogP contribution in [0.4, 0.5) is 4.39 Å². The Morgan fingerprint density at radius 1 is 1.13 bits per heavy atom. The molecular weight excluding hydrogens is 405 g/mol. The molecule has 0 N–H and O–H groups in total. The van der Waals surface area contributed by atoms with E-state index in [0.29, 0.717) is 49.1 Å². The molecule has 5 rings (SSSR count).